The molecule has 0 heterocycles. The third-order valence-corrected chi connectivity index (χ3v) is 9.09. The molecule has 4 rings (SSSR count). The Balaban J connectivity index is 0.000000331. The number of hydrogen-bond donors (Lipinski definition) is 2. The van der Waals surface area contributed by atoms with Crippen LogP contribution in [0.25, 0.3) is 22.3 Å². The van der Waals surface area contributed by atoms with E-state index in [1.165, 1.54) is 124 Å². The maximum atomic E-state index is 12.8. The van der Waals surface area contributed by atoms with Gasteiger partial charge in [0, 0.05) is 22.3 Å². The summed E-state index contributed by atoms with van der Waals surface area (Å²) in [5.74, 6) is -2.90. The SMILES string of the molecule is COC(=O)c1cc(OC)c(OC)c(OC)c1-c1c(C(=O)OC)cc(OC)c(OC)c1OC.COc1cc(C(=O)O)c(-c2c(C(=O)O)cc(OC)c(OC)c2OC)c(OC)c1OC. The fourth-order valence-electron chi connectivity index (χ4n) is 6.50. The largest absolute Gasteiger partial charge is 0.493 e. The molecule has 0 radical (unpaired) electrons. The quantitative estimate of drug-likeness (QED) is 0.113. The second-order valence-electron chi connectivity index (χ2n) is 11.9. The van der Waals surface area contributed by atoms with E-state index in [2.05, 4.69) is 0 Å². The van der Waals surface area contributed by atoms with Gasteiger partial charge in [0.1, 0.15) is 0 Å². The molecule has 0 aromatic heterocycles. The van der Waals surface area contributed by atoms with Crippen LogP contribution in [0.3, 0.4) is 0 Å². The fourth-order valence-corrected chi connectivity index (χ4v) is 6.50. The molecule has 62 heavy (non-hydrogen) atoms. The molecule has 2 N–H and O–H groups in total. The Hall–Kier alpha value is -7.64. The number of carboxylic acids is 2. The Kier molecular flexibility index (Phi) is 16.9. The van der Waals surface area contributed by atoms with Crippen LogP contribution in [0.1, 0.15) is 41.4 Å². The first kappa shape index (κ1) is 48.7. The number of carboxylic acid groups (broad SMARTS) is 2. The van der Waals surface area contributed by atoms with Gasteiger partial charge in [-0.1, -0.05) is 0 Å². The summed E-state index contributed by atoms with van der Waals surface area (Å²) in [6, 6.07) is 5.25. The number of methoxy groups -OCH3 is 14. The van der Waals surface area contributed by atoms with Gasteiger partial charge < -0.3 is 76.5 Å². The van der Waals surface area contributed by atoms with Gasteiger partial charge in [0.25, 0.3) is 0 Å². The van der Waals surface area contributed by atoms with Gasteiger partial charge in [-0.2, -0.15) is 0 Å². The molecule has 20 nitrogen and oxygen atoms in total. The van der Waals surface area contributed by atoms with Crippen molar-refractivity contribution in [1.29, 1.82) is 0 Å². The van der Waals surface area contributed by atoms with Gasteiger partial charge in [0.15, 0.2) is 46.0 Å². The third kappa shape index (κ3) is 8.93. The van der Waals surface area contributed by atoms with Gasteiger partial charge in [-0.05, 0) is 24.3 Å². The molecule has 0 spiro atoms. The zero-order chi connectivity index (χ0) is 46.6. The van der Waals surface area contributed by atoms with Gasteiger partial charge in [0.05, 0.1) is 122 Å². The monoisotopic (exact) mass is 872 g/mol. The Morgan fingerprint density at radius 1 is 0.306 bits per heavy atom. The highest BCUT2D eigenvalue weighted by atomic mass is 16.6. The summed E-state index contributed by atoms with van der Waals surface area (Å²) >= 11 is 0. The minimum Gasteiger partial charge on any atom is -0.493 e. The van der Waals surface area contributed by atoms with Crippen LogP contribution in [0.15, 0.2) is 24.3 Å². The average molecular weight is 873 g/mol. The molecule has 4 aromatic carbocycles. The van der Waals surface area contributed by atoms with Gasteiger partial charge in [0.2, 0.25) is 23.0 Å². The van der Waals surface area contributed by atoms with E-state index < -0.39 is 23.9 Å². The number of carbonyl (C=O) groups is 4. The van der Waals surface area contributed by atoms with E-state index in [-0.39, 0.29) is 114 Å². The summed E-state index contributed by atoms with van der Waals surface area (Å²) in [5.41, 5.74) is -0.411. The maximum absolute atomic E-state index is 12.8. The van der Waals surface area contributed by atoms with Crippen LogP contribution >= 0.6 is 0 Å². The topological polar surface area (TPSA) is 238 Å². The highest BCUT2D eigenvalue weighted by molar-refractivity contribution is 6.09. The standard InChI is InChI=1S/C22H26O10.C20H22O10/c1-25-13-9-11(21(23)31-7)15(19(29-5)17(13)27-3)16-12(22(24)32-8)10-14(26-2)18(28-4)20(16)30-6;1-25-11-7-9(19(21)22)13(17(29-5)15(11)27-3)14-10(20(23)24)8-12(26-2)16(28-4)18(14)30-6/h9-10H,1-8H3;7-8H,1-6H3,(H,21,22)(H,23,24). The summed E-state index contributed by atoms with van der Waals surface area (Å²) in [7, 11) is 18.8. The lowest BCUT2D eigenvalue weighted by atomic mass is 9.91. The van der Waals surface area contributed by atoms with Gasteiger partial charge in [-0.25, -0.2) is 19.2 Å². The van der Waals surface area contributed by atoms with E-state index in [1.807, 2.05) is 0 Å². The van der Waals surface area contributed by atoms with Crippen molar-refractivity contribution >= 4 is 23.9 Å². The normalized spacial score (nSPS) is 10.2. The Bertz CT molecular complexity index is 2150. The lowest BCUT2D eigenvalue weighted by molar-refractivity contribution is 0.0589. The lowest BCUT2D eigenvalue weighted by Gasteiger charge is -2.23. The summed E-state index contributed by atoms with van der Waals surface area (Å²) < 4.78 is 74.8. The van der Waals surface area contributed by atoms with Gasteiger partial charge in [-0.15, -0.1) is 0 Å². The molecule has 0 bridgehead atoms. The van der Waals surface area contributed by atoms with E-state index in [4.69, 9.17) is 66.3 Å². The van der Waals surface area contributed by atoms with Crippen molar-refractivity contribution in [3.63, 3.8) is 0 Å². The smallest absolute Gasteiger partial charge is 0.338 e. The fraction of sp³-hybridized carbons (Fsp3) is 0.333. The third-order valence-electron chi connectivity index (χ3n) is 9.09. The van der Waals surface area contributed by atoms with Crippen LogP contribution in [0.2, 0.25) is 0 Å². The number of benzene rings is 4. The number of ether oxygens (including phenoxy) is 14. The number of rotatable bonds is 18. The highest BCUT2D eigenvalue weighted by Crippen LogP contribution is 2.56. The van der Waals surface area contributed by atoms with Crippen LogP contribution in [0.4, 0.5) is 0 Å². The lowest BCUT2D eigenvalue weighted by Crippen LogP contribution is -2.12. The number of hydrogen-bond acceptors (Lipinski definition) is 18. The predicted octanol–water partition coefficient (Wildman–Crippen LogP) is 5.78. The first-order chi connectivity index (χ1) is 29.7. The first-order valence-electron chi connectivity index (χ1n) is 17.6. The second-order valence-corrected chi connectivity index (χ2v) is 11.9. The molecular formula is C42H48O20. The van der Waals surface area contributed by atoms with Crippen LogP contribution in [0.5, 0.6) is 69.0 Å². The van der Waals surface area contributed by atoms with Gasteiger partial charge in [-0.3, -0.25) is 0 Å². The molecule has 0 aliphatic rings. The summed E-state index contributed by atoms with van der Waals surface area (Å²) in [5, 5.41) is 19.7. The van der Waals surface area contributed by atoms with Crippen LogP contribution in [-0.2, 0) is 9.47 Å². The molecule has 20 heteroatoms. The predicted molar refractivity (Wildman–Crippen MR) is 219 cm³/mol. The minimum absolute atomic E-state index is 0.0256. The van der Waals surface area contributed by atoms with E-state index in [0.717, 1.165) is 0 Å². The zero-order valence-electron chi connectivity index (χ0n) is 36.6. The number of esters is 2. The minimum atomic E-state index is -1.35. The summed E-state index contributed by atoms with van der Waals surface area (Å²) in [6.45, 7) is 0. The molecule has 0 amide bonds. The second kappa shape index (κ2) is 21.6. The van der Waals surface area contributed by atoms with Gasteiger partial charge >= 0.3 is 23.9 Å². The van der Waals surface area contributed by atoms with E-state index in [9.17, 15) is 29.4 Å². The van der Waals surface area contributed by atoms with E-state index >= 15 is 0 Å². The Morgan fingerprint density at radius 2 is 0.500 bits per heavy atom. The van der Waals surface area contributed by atoms with Crippen molar-refractivity contribution in [2.75, 3.05) is 99.5 Å². The molecule has 0 unspecified atom stereocenters. The first-order valence-corrected chi connectivity index (χ1v) is 17.6. The van der Waals surface area contributed by atoms with Crippen LogP contribution in [-0.4, -0.2) is 134 Å². The molecule has 0 fully saturated rings. The molecule has 0 atom stereocenters. The van der Waals surface area contributed by atoms with Crippen molar-refractivity contribution in [3.8, 4) is 91.2 Å². The average Bonchev–Trinajstić information content (AvgIpc) is 3.30. The Morgan fingerprint density at radius 3 is 0.661 bits per heavy atom. The highest BCUT2D eigenvalue weighted by Gasteiger charge is 2.35. The van der Waals surface area contributed by atoms with Crippen molar-refractivity contribution in [1.82, 2.24) is 0 Å². The van der Waals surface area contributed by atoms with Crippen molar-refractivity contribution < 1.29 is 95.7 Å². The number of carbonyl (C=O) groups excluding carboxylic acids is 2. The van der Waals surface area contributed by atoms with Crippen molar-refractivity contribution in [2.45, 2.75) is 0 Å². The molecular weight excluding hydrogens is 824 g/mol. The summed E-state index contributed by atoms with van der Waals surface area (Å²) in [6.07, 6.45) is 0. The van der Waals surface area contributed by atoms with E-state index in [0.29, 0.717) is 0 Å². The zero-order valence-corrected chi connectivity index (χ0v) is 36.6. The molecule has 336 valence electrons. The molecule has 0 aliphatic carbocycles. The van der Waals surface area contributed by atoms with E-state index in [1.54, 1.807) is 0 Å². The Labute approximate surface area is 356 Å². The summed E-state index contributed by atoms with van der Waals surface area (Å²) in [4.78, 5) is 49.8. The molecule has 4 aromatic rings. The van der Waals surface area contributed by atoms with Crippen molar-refractivity contribution in [3.05, 3.63) is 46.5 Å². The maximum Gasteiger partial charge on any atom is 0.338 e. The number of aromatic carboxylic acids is 2. The molecule has 0 saturated carbocycles. The van der Waals surface area contributed by atoms with Crippen LogP contribution < -0.4 is 56.8 Å². The molecule has 0 aliphatic heterocycles. The van der Waals surface area contributed by atoms with Crippen LogP contribution in [0, 0.1) is 0 Å². The van der Waals surface area contributed by atoms with Crippen molar-refractivity contribution in [2.24, 2.45) is 0 Å². The molecule has 0 saturated heterocycles.